The highest BCUT2D eigenvalue weighted by molar-refractivity contribution is 6.32. The molecule has 112 valence electrons. The molecule has 0 amide bonds. The Bertz CT molecular complexity index is 732. The van der Waals surface area contributed by atoms with Crippen LogP contribution in [-0.4, -0.2) is 21.5 Å². The third kappa shape index (κ3) is 3.30. The third-order valence-corrected chi connectivity index (χ3v) is 3.20. The molecule has 1 N–H and O–H groups in total. The van der Waals surface area contributed by atoms with Crippen LogP contribution < -0.4 is 5.69 Å². The molecule has 4 nitrogen and oxygen atoms in total. The van der Waals surface area contributed by atoms with E-state index in [-0.39, 0.29) is 10.8 Å². The number of benzene rings is 1. The first-order valence-corrected chi connectivity index (χ1v) is 6.30. The number of nitrogens with one attached hydrogen (secondary N) is 1. The summed E-state index contributed by atoms with van der Waals surface area (Å²) in [6, 6.07) is 5.93. The largest absolute Gasteiger partial charge is 0.451 e. The van der Waals surface area contributed by atoms with Crippen LogP contribution in [0.1, 0.15) is 0 Å². The highest BCUT2D eigenvalue weighted by Gasteiger charge is 2.39. The Kier molecular flexibility index (Phi) is 4.15. The molecule has 1 aromatic heterocycles. The fourth-order valence-electron chi connectivity index (χ4n) is 1.72. The molecule has 2 aromatic rings. The van der Waals surface area contributed by atoms with E-state index >= 15 is 0 Å². The Morgan fingerprint density at radius 1 is 1.19 bits per heavy atom. The van der Waals surface area contributed by atoms with Gasteiger partial charge in [0.25, 0.3) is 5.78 Å². The lowest BCUT2D eigenvalue weighted by Gasteiger charge is -2.09. The Labute approximate surface area is 126 Å². The number of aromatic amines is 1. The number of aromatic nitrogens is 2. The molecule has 0 spiro atoms. The van der Waals surface area contributed by atoms with Crippen molar-refractivity contribution in [2.24, 2.45) is 0 Å². The van der Waals surface area contributed by atoms with E-state index in [2.05, 4.69) is 4.98 Å². The van der Waals surface area contributed by atoms with Gasteiger partial charge < -0.3 is 0 Å². The number of hydrogen-bond acceptors (Lipinski definition) is 2. The normalized spacial score (nSPS) is 11.7. The molecule has 0 aliphatic carbocycles. The smallest absolute Gasteiger partial charge is 0.296 e. The van der Waals surface area contributed by atoms with Crippen molar-refractivity contribution in [2.75, 3.05) is 0 Å². The molecular weight excluding hydrogens is 332 g/mol. The van der Waals surface area contributed by atoms with Crippen molar-refractivity contribution in [1.82, 2.24) is 9.55 Å². The van der Waals surface area contributed by atoms with E-state index in [4.69, 9.17) is 23.2 Å². The number of nitrogens with zero attached hydrogens (tertiary/aromatic N) is 1. The SMILES string of the molecule is O=C(Cn1c(-c2ccc(Cl)cc2)c(Cl)[nH]c1=O)C(F)(F)F. The van der Waals surface area contributed by atoms with E-state index in [0.717, 1.165) is 0 Å². The van der Waals surface area contributed by atoms with Gasteiger partial charge in [-0.3, -0.25) is 14.3 Å². The van der Waals surface area contributed by atoms with E-state index in [1.165, 1.54) is 24.3 Å². The monoisotopic (exact) mass is 338 g/mol. The number of rotatable bonds is 3. The Morgan fingerprint density at radius 2 is 1.76 bits per heavy atom. The number of imidazole rings is 1. The molecule has 2 rings (SSSR count). The van der Waals surface area contributed by atoms with Crippen molar-refractivity contribution in [1.29, 1.82) is 0 Å². The second-order valence-corrected chi connectivity index (χ2v) is 4.92. The van der Waals surface area contributed by atoms with E-state index in [9.17, 15) is 22.8 Å². The fourth-order valence-corrected chi connectivity index (χ4v) is 2.13. The zero-order valence-electron chi connectivity index (χ0n) is 10.2. The number of Topliss-reactive ketones (excluding diaryl/α,β-unsaturated/α-hetero) is 1. The van der Waals surface area contributed by atoms with Crippen LogP contribution in [0.25, 0.3) is 11.3 Å². The maximum atomic E-state index is 12.3. The Balaban J connectivity index is 2.50. The molecule has 0 aliphatic heterocycles. The van der Waals surface area contributed by atoms with Crippen molar-refractivity contribution < 1.29 is 18.0 Å². The quantitative estimate of drug-likeness (QED) is 0.933. The summed E-state index contributed by atoms with van der Waals surface area (Å²) in [5.74, 6) is -2.05. The number of carbonyl (C=O) groups excluding carboxylic acids is 1. The van der Waals surface area contributed by atoms with Crippen molar-refractivity contribution in [3.8, 4) is 11.3 Å². The molecule has 9 heteroatoms. The second kappa shape index (κ2) is 5.57. The molecule has 21 heavy (non-hydrogen) atoms. The van der Waals surface area contributed by atoms with Crippen LogP contribution in [0.4, 0.5) is 13.2 Å². The van der Waals surface area contributed by atoms with Gasteiger partial charge in [0, 0.05) is 10.6 Å². The standard InChI is InChI=1S/C12H7Cl2F3N2O2/c13-7-3-1-6(2-4-7)9-10(14)18-11(21)19(9)5-8(20)12(15,16)17/h1-4H,5H2,(H,18,21). The minimum atomic E-state index is -5.03. The molecule has 0 unspecified atom stereocenters. The third-order valence-electron chi connectivity index (χ3n) is 2.68. The molecular formula is C12H7Cl2F3N2O2. The van der Waals surface area contributed by atoms with Crippen molar-refractivity contribution in [3.63, 3.8) is 0 Å². The summed E-state index contributed by atoms with van der Waals surface area (Å²) < 4.78 is 37.6. The molecule has 0 aliphatic rings. The van der Waals surface area contributed by atoms with Crippen LogP contribution in [0, 0.1) is 0 Å². The van der Waals surface area contributed by atoms with Gasteiger partial charge in [-0.05, 0) is 12.1 Å². The minimum absolute atomic E-state index is 0.00377. The first-order chi connectivity index (χ1) is 9.70. The number of carbonyl (C=O) groups is 1. The van der Waals surface area contributed by atoms with Gasteiger partial charge in [0.05, 0.1) is 12.2 Å². The highest BCUT2D eigenvalue weighted by Crippen LogP contribution is 2.27. The predicted octanol–water partition coefficient (Wildman–Crippen LogP) is 3.28. The first-order valence-electron chi connectivity index (χ1n) is 5.54. The molecule has 0 saturated carbocycles. The molecule has 0 radical (unpaired) electrons. The van der Waals surface area contributed by atoms with E-state index in [1.807, 2.05) is 0 Å². The number of halogens is 5. The van der Waals surface area contributed by atoms with Crippen LogP contribution in [0.15, 0.2) is 29.1 Å². The maximum Gasteiger partial charge on any atom is 0.451 e. The molecule has 0 atom stereocenters. The number of hydrogen-bond donors (Lipinski definition) is 1. The summed E-state index contributed by atoms with van der Waals surface area (Å²) in [4.78, 5) is 24.9. The predicted molar refractivity (Wildman–Crippen MR) is 71.6 cm³/mol. The topological polar surface area (TPSA) is 54.9 Å². The van der Waals surface area contributed by atoms with Gasteiger partial charge >= 0.3 is 11.9 Å². The average molecular weight is 339 g/mol. The summed E-state index contributed by atoms with van der Waals surface area (Å²) >= 11 is 11.5. The number of alkyl halides is 3. The van der Waals surface area contributed by atoms with Crippen LogP contribution in [0.5, 0.6) is 0 Å². The van der Waals surface area contributed by atoms with E-state index in [1.54, 1.807) is 0 Å². The van der Waals surface area contributed by atoms with E-state index < -0.39 is 24.2 Å². The first kappa shape index (κ1) is 15.7. The van der Waals surface area contributed by atoms with Crippen LogP contribution >= 0.6 is 23.2 Å². The van der Waals surface area contributed by atoms with Gasteiger partial charge in [-0.25, -0.2) is 4.79 Å². The van der Waals surface area contributed by atoms with Gasteiger partial charge in [0.15, 0.2) is 0 Å². The molecule has 0 fully saturated rings. The summed E-state index contributed by atoms with van der Waals surface area (Å²) in [7, 11) is 0. The molecule has 0 bridgehead atoms. The lowest BCUT2D eigenvalue weighted by Crippen LogP contribution is -2.31. The maximum absolute atomic E-state index is 12.3. The van der Waals surface area contributed by atoms with Gasteiger partial charge in [-0.2, -0.15) is 13.2 Å². The minimum Gasteiger partial charge on any atom is -0.296 e. The lowest BCUT2D eigenvalue weighted by atomic mass is 10.1. The van der Waals surface area contributed by atoms with Crippen molar-refractivity contribution in [2.45, 2.75) is 12.7 Å². The lowest BCUT2D eigenvalue weighted by molar-refractivity contribution is -0.171. The Hall–Kier alpha value is -1.73. The highest BCUT2D eigenvalue weighted by atomic mass is 35.5. The van der Waals surface area contributed by atoms with Gasteiger partial charge in [0.2, 0.25) is 0 Å². The van der Waals surface area contributed by atoms with Crippen LogP contribution in [0.3, 0.4) is 0 Å². The van der Waals surface area contributed by atoms with Gasteiger partial charge in [0.1, 0.15) is 5.15 Å². The molecule has 1 aromatic carbocycles. The molecule has 1 heterocycles. The zero-order chi connectivity index (χ0) is 15.8. The van der Waals surface area contributed by atoms with E-state index in [0.29, 0.717) is 15.2 Å². The number of ketones is 1. The Morgan fingerprint density at radius 3 is 2.29 bits per heavy atom. The number of H-pyrrole nitrogens is 1. The van der Waals surface area contributed by atoms with Crippen molar-refractivity contribution >= 4 is 29.0 Å². The zero-order valence-corrected chi connectivity index (χ0v) is 11.7. The van der Waals surface area contributed by atoms with Crippen LogP contribution in [-0.2, 0) is 11.3 Å². The average Bonchev–Trinajstić information content (AvgIpc) is 2.64. The van der Waals surface area contributed by atoms with Crippen molar-refractivity contribution in [3.05, 3.63) is 44.9 Å². The second-order valence-electron chi connectivity index (χ2n) is 4.11. The van der Waals surface area contributed by atoms with Crippen LogP contribution in [0.2, 0.25) is 10.2 Å². The summed E-state index contributed by atoms with van der Waals surface area (Å²) in [6.07, 6.45) is -5.03. The summed E-state index contributed by atoms with van der Waals surface area (Å²) in [6.45, 7) is -1.15. The summed E-state index contributed by atoms with van der Waals surface area (Å²) in [5.41, 5.74) is -0.545. The fraction of sp³-hybridized carbons (Fsp3) is 0.167. The van der Waals surface area contributed by atoms with Gasteiger partial charge in [-0.15, -0.1) is 0 Å². The molecule has 0 saturated heterocycles. The summed E-state index contributed by atoms with van der Waals surface area (Å²) in [5, 5.41) is 0.253. The van der Waals surface area contributed by atoms with Gasteiger partial charge in [-0.1, -0.05) is 35.3 Å².